The van der Waals surface area contributed by atoms with Crippen LogP contribution < -0.4 is 0 Å². The smallest absolute Gasteiger partial charge is 0.443 e. The molecule has 0 saturated carbocycles. The van der Waals surface area contributed by atoms with Gasteiger partial charge in [0.2, 0.25) is 0 Å². The van der Waals surface area contributed by atoms with Crippen molar-refractivity contribution in [2.45, 2.75) is 85.5 Å². The minimum Gasteiger partial charge on any atom is -0.443 e. The fraction of sp³-hybridized carbons (Fsp3) is 0.538. The van der Waals surface area contributed by atoms with Crippen molar-refractivity contribution in [1.82, 2.24) is 9.88 Å². The van der Waals surface area contributed by atoms with Crippen molar-refractivity contribution in [1.29, 1.82) is 0 Å². The lowest BCUT2D eigenvalue weighted by Crippen LogP contribution is -2.41. The van der Waals surface area contributed by atoms with E-state index in [0.717, 1.165) is 34.4 Å². The molecule has 33 heavy (non-hydrogen) atoms. The molecule has 0 aromatic carbocycles. The lowest BCUT2D eigenvalue weighted by atomic mass is 9.76. The van der Waals surface area contributed by atoms with Gasteiger partial charge < -0.3 is 14.0 Å². The first-order valence-corrected chi connectivity index (χ1v) is 11.6. The number of pyridine rings is 1. The first-order chi connectivity index (χ1) is 15.2. The quantitative estimate of drug-likeness (QED) is 0.535. The molecule has 0 unspecified atom stereocenters. The Balaban J connectivity index is 1.97. The molecule has 0 atom stereocenters. The zero-order valence-corrected chi connectivity index (χ0v) is 21.5. The molecule has 1 fully saturated rings. The Bertz CT molecular complexity index is 986. The molecule has 1 aromatic heterocycles. The Hall–Kier alpha value is -2.38. The molecular formula is C26H37BN2O4. The lowest BCUT2D eigenvalue weighted by Gasteiger charge is -2.32. The fourth-order valence-electron chi connectivity index (χ4n) is 3.73. The number of aryl methyl sites for hydroxylation is 1. The number of aromatic nitrogens is 1. The number of nitrogens with zero attached hydrogens (tertiary/aromatic N) is 2. The zero-order valence-electron chi connectivity index (χ0n) is 21.5. The van der Waals surface area contributed by atoms with Crippen LogP contribution in [0.1, 0.15) is 73.1 Å². The molecular weight excluding hydrogens is 415 g/mol. The van der Waals surface area contributed by atoms with Gasteiger partial charge in [0, 0.05) is 17.5 Å². The summed E-state index contributed by atoms with van der Waals surface area (Å²) < 4.78 is 18.3. The van der Waals surface area contributed by atoms with Gasteiger partial charge in [-0.2, -0.15) is 0 Å². The van der Waals surface area contributed by atoms with E-state index in [1.54, 1.807) is 11.1 Å². The van der Waals surface area contributed by atoms with Crippen molar-refractivity contribution >= 4 is 18.9 Å². The van der Waals surface area contributed by atoms with E-state index in [4.69, 9.17) is 14.0 Å². The number of hydrogen-bond donors (Lipinski definition) is 0. The highest BCUT2D eigenvalue weighted by Gasteiger charge is 2.52. The van der Waals surface area contributed by atoms with Crippen LogP contribution in [-0.2, 0) is 14.0 Å². The molecule has 1 amide bonds. The maximum Gasteiger partial charge on any atom is 0.494 e. The van der Waals surface area contributed by atoms with Crippen LogP contribution in [0.5, 0.6) is 0 Å². The van der Waals surface area contributed by atoms with E-state index in [0.29, 0.717) is 6.54 Å². The van der Waals surface area contributed by atoms with E-state index < -0.39 is 23.9 Å². The minimum atomic E-state index is -0.585. The van der Waals surface area contributed by atoms with Gasteiger partial charge in [0.05, 0.1) is 23.4 Å². The van der Waals surface area contributed by atoms with E-state index in [-0.39, 0.29) is 6.09 Å². The molecule has 0 spiro atoms. The van der Waals surface area contributed by atoms with Crippen molar-refractivity contribution in [2.24, 2.45) is 0 Å². The average Bonchev–Trinajstić information content (AvgIpc) is 3.18. The van der Waals surface area contributed by atoms with Crippen LogP contribution in [0.4, 0.5) is 4.79 Å². The number of allylic oxidation sites excluding steroid dienone is 3. The van der Waals surface area contributed by atoms with Gasteiger partial charge in [0.25, 0.3) is 0 Å². The molecule has 1 aromatic rings. The standard InChI is InChI=1S/C26H37BN2O4/c1-10-11-21(27-32-25(6,7)26(8,9)33-27)15-19-16-22(20-12-13-28-18(2)14-20)29(17-19)23(30)31-24(3,4)5/h11-16H,10,17H2,1-9H3/b19-15-,21-11+. The second kappa shape index (κ2) is 9.11. The van der Waals surface area contributed by atoms with E-state index in [2.05, 4.69) is 24.1 Å². The summed E-state index contributed by atoms with van der Waals surface area (Å²) in [5.41, 5.74) is 3.13. The molecule has 7 heteroatoms. The Labute approximate surface area is 198 Å². The monoisotopic (exact) mass is 452 g/mol. The predicted molar refractivity (Wildman–Crippen MR) is 132 cm³/mol. The van der Waals surface area contributed by atoms with Crippen LogP contribution >= 0.6 is 0 Å². The molecule has 0 radical (unpaired) electrons. The maximum absolute atomic E-state index is 13.1. The summed E-state index contributed by atoms with van der Waals surface area (Å²) >= 11 is 0. The molecule has 1 saturated heterocycles. The van der Waals surface area contributed by atoms with Crippen molar-refractivity contribution < 1.29 is 18.8 Å². The lowest BCUT2D eigenvalue weighted by molar-refractivity contribution is 0.00578. The van der Waals surface area contributed by atoms with Gasteiger partial charge in [-0.15, -0.1) is 0 Å². The Morgan fingerprint density at radius 1 is 1.24 bits per heavy atom. The highest BCUT2D eigenvalue weighted by Crippen LogP contribution is 2.39. The SMILES string of the molecule is CC/C=C(\C=C1\C=C(c2ccnc(C)c2)N(C(=O)OC(C)(C)C)C1)B1OC(C)(C)C(C)(C)O1. The highest BCUT2D eigenvalue weighted by molar-refractivity contribution is 6.55. The summed E-state index contributed by atoms with van der Waals surface area (Å²) in [6, 6.07) is 3.89. The Kier molecular flexibility index (Phi) is 6.97. The summed E-state index contributed by atoms with van der Waals surface area (Å²) in [5, 5.41) is 0. The van der Waals surface area contributed by atoms with Gasteiger partial charge in [-0.25, -0.2) is 4.79 Å². The summed E-state index contributed by atoms with van der Waals surface area (Å²) in [5.74, 6) is 0. The van der Waals surface area contributed by atoms with Crippen LogP contribution in [0.3, 0.4) is 0 Å². The third-order valence-corrected chi connectivity index (χ3v) is 6.08. The number of carbonyl (C=O) groups excluding carboxylic acids is 1. The van der Waals surface area contributed by atoms with Gasteiger partial charge in [0.1, 0.15) is 5.60 Å². The van der Waals surface area contributed by atoms with Crippen molar-refractivity contribution in [2.75, 3.05) is 6.54 Å². The third kappa shape index (κ3) is 5.76. The molecule has 2 aliphatic rings. The largest absolute Gasteiger partial charge is 0.494 e. The molecule has 0 aliphatic carbocycles. The molecule has 0 N–H and O–H groups in total. The molecule has 2 aliphatic heterocycles. The zero-order chi connectivity index (χ0) is 24.6. The van der Waals surface area contributed by atoms with Gasteiger partial charge in [-0.3, -0.25) is 9.88 Å². The summed E-state index contributed by atoms with van der Waals surface area (Å²) in [6.07, 6.45) is 8.46. The van der Waals surface area contributed by atoms with Crippen LogP contribution in [0, 0.1) is 6.92 Å². The predicted octanol–water partition coefficient (Wildman–Crippen LogP) is 5.88. The molecule has 6 nitrogen and oxygen atoms in total. The van der Waals surface area contributed by atoms with Crippen molar-refractivity contribution in [3.63, 3.8) is 0 Å². The number of carbonyl (C=O) groups is 1. The van der Waals surface area contributed by atoms with E-state index >= 15 is 0 Å². The second-order valence-corrected chi connectivity index (χ2v) is 10.7. The van der Waals surface area contributed by atoms with Crippen molar-refractivity contribution in [3.05, 3.63) is 58.9 Å². The van der Waals surface area contributed by atoms with E-state index in [1.165, 1.54) is 0 Å². The third-order valence-electron chi connectivity index (χ3n) is 6.08. The van der Waals surface area contributed by atoms with Gasteiger partial charge in [0.15, 0.2) is 0 Å². The maximum atomic E-state index is 13.1. The summed E-state index contributed by atoms with van der Waals surface area (Å²) in [7, 11) is -0.460. The van der Waals surface area contributed by atoms with Crippen LogP contribution in [0.15, 0.2) is 47.6 Å². The van der Waals surface area contributed by atoms with E-state index in [1.807, 2.05) is 73.6 Å². The number of ether oxygens (including phenoxy) is 1. The van der Waals surface area contributed by atoms with Crippen molar-refractivity contribution in [3.8, 4) is 0 Å². The fourth-order valence-corrected chi connectivity index (χ4v) is 3.73. The second-order valence-electron chi connectivity index (χ2n) is 10.7. The number of amides is 1. The summed E-state index contributed by atoms with van der Waals surface area (Å²) in [6.45, 7) is 18.3. The highest BCUT2D eigenvalue weighted by atomic mass is 16.7. The van der Waals surface area contributed by atoms with Crippen LogP contribution in [0.2, 0.25) is 0 Å². The van der Waals surface area contributed by atoms with Gasteiger partial charge >= 0.3 is 13.2 Å². The number of hydrogen-bond acceptors (Lipinski definition) is 5. The first-order valence-electron chi connectivity index (χ1n) is 11.6. The van der Waals surface area contributed by atoms with Gasteiger partial charge in [-0.1, -0.05) is 19.1 Å². The van der Waals surface area contributed by atoms with Crippen LogP contribution in [-0.4, -0.2) is 46.4 Å². The van der Waals surface area contributed by atoms with Crippen LogP contribution in [0.25, 0.3) is 5.70 Å². The number of rotatable bonds is 4. The Morgan fingerprint density at radius 2 is 1.88 bits per heavy atom. The molecule has 3 rings (SSSR count). The normalized spacial score (nSPS) is 21.5. The van der Waals surface area contributed by atoms with Gasteiger partial charge in [-0.05, 0) is 91.1 Å². The summed E-state index contributed by atoms with van der Waals surface area (Å²) in [4.78, 5) is 19.0. The first kappa shape index (κ1) is 25.3. The molecule has 178 valence electrons. The molecule has 3 heterocycles. The topological polar surface area (TPSA) is 60.9 Å². The van der Waals surface area contributed by atoms with E-state index in [9.17, 15) is 4.79 Å². The molecule has 0 bridgehead atoms. The average molecular weight is 452 g/mol. The Morgan fingerprint density at radius 3 is 2.42 bits per heavy atom. The minimum absolute atomic E-state index is 0.372.